The van der Waals surface area contributed by atoms with Crippen LogP contribution in [-0.2, 0) is 0 Å². The van der Waals surface area contributed by atoms with E-state index in [4.69, 9.17) is 11.6 Å². The molecule has 1 aromatic heterocycles. The Morgan fingerprint density at radius 2 is 1.95 bits per heavy atom. The van der Waals surface area contributed by atoms with Crippen molar-refractivity contribution < 1.29 is 4.39 Å². The summed E-state index contributed by atoms with van der Waals surface area (Å²) in [6.45, 7) is 0. The van der Waals surface area contributed by atoms with Crippen LogP contribution in [0.5, 0.6) is 0 Å². The minimum absolute atomic E-state index is 0.291. The molecule has 0 nitrogen and oxygen atoms in total. The first kappa shape index (κ1) is 14.5. The van der Waals surface area contributed by atoms with Crippen LogP contribution < -0.4 is 0 Å². The van der Waals surface area contributed by atoms with E-state index in [1.165, 1.54) is 12.1 Å². The molecule has 1 heterocycles. The zero-order valence-corrected chi connectivity index (χ0v) is 14.8. The molecule has 0 radical (unpaired) electrons. The van der Waals surface area contributed by atoms with Gasteiger partial charge < -0.3 is 0 Å². The first-order valence-electron chi connectivity index (χ1n) is 5.82. The molecule has 3 aromatic rings. The second-order valence-corrected chi connectivity index (χ2v) is 7.46. The van der Waals surface area contributed by atoms with Gasteiger partial charge in [0.25, 0.3) is 0 Å². The molecule has 2 aromatic carbocycles. The van der Waals surface area contributed by atoms with Crippen LogP contribution in [0.2, 0.25) is 0 Å². The lowest BCUT2D eigenvalue weighted by molar-refractivity contribution is 0.625. The second-order valence-electron chi connectivity index (χ2n) is 4.37. The molecular weight excluding hydrogens is 426 g/mol. The van der Waals surface area contributed by atoms with Gasteiger partial charge in [0, 0.05) is 13.6 Å². The normalized spacial score (nSPS) is 12.8. The predicted octanol–water partition coefficient (Wildman–Crippen LogP) is 6.89. The van der Waals surface area contributed by atoms with Gasteiger partial charge in [-0.1, -0.05) is 28.1 Å². The van der Waals surface area contributed by atoms with Crippen LogP contribution in [0.3, 0.4) is 0 Å². The largest absolute Gasteiger partial charge is 0.207 e. The molecule has 0 saturated heterocycles. The molecule has 5 heteroatoms. The van der Waals surface area contributed by atoms with E-state index in [9.17, 15) is 4.39 Å². The fraction of sp³-hybridized carbons (Fsp3) is 0.0667. The van der Waals surface area contributed by atoms with Crippen molar-refractivity contribution in [2.75, 3.05) is 0 Å². The number of benzene rings is 2. The summed E-state index contributed by atoms with van der Waals surface area (Å²) < 4.78 is 16.4. The molecule has 0 N–H and O–H groups in total. The van der Waals surface area contributed by atoms with E-state index in [2.05, 4.69) is 31.9 Å². The lowest BCUT2D eigenvalue weighted by Crippen LogP contribution is -1.93. The summed E-state index contributed by atoms with van der Waals surface area (Å²) in [7, 11) is 0. The van der Waals surface area contributed by atoms with Crippen molar-refractivity contribution in [3.8, 4) is 0 Å². The summed E-state index contributed by atoms with van der Waals surface area (Å²) >= 11 is 15.0. The number of halogens is 4. The van der Waals surface area contributed by atoms with Crippen molar-refractivity contribution >= 4 is 64.9 Å². The SMILES string of the molecule is Fc1cc(Br)cc(C(Cl)c2csc3c(Br)cccc23)c1. The van der Waals surface area contributed by atoms with Crippen molar-refractivity contribution in [1.29, 1.82) is 0 Å². The smallest absolute Gasteiger partial charge is 0.124 e. The lowest BCUT2D eigenvalue weighted by Gasteiger charge is -2.10. The third kappa shape index (κ3) is 2.67. The van der Waals surface area contributed by atoms with Gasteiger partial charge >= 0.3 is 0 Å². The molecule has 0 aliphatic carbocycles. The quantitative estimate of drug-likeness (QED) is 0.385. The first-order chi connectivity index (χ1) is 9.56. The molecule has 0 bridgehead atoms. The molecule has 3 rings (SSSR count). The number of thiophene rings is 1. The monoisotopic (exact) mass is 432 g/mol. The van der Waals surface area contributed by atoms with Crippen molar-refractivity contribution in [3.05, 3.63) is 67.7 Å². The van der Waals surface area contributed by atoms with Gasteiger partial charge in [-0.2, -0.15) is 0 Å². The summed E-state index contributed by atoms with van der Waals surface area (Å²) in [5, 5.41) is 2.76. The molecule has 0 aliphatic rings. The Hall–Kier alpha value is -0.420. The van der Waals surface area contributed by atoms with Crippen LogP contribution in [0.25, 0.3) is 10.1 Å². The number of hydrogen-bond donors (Lipinski definition) is 0. The number of hydrogen-bond acceptors (Lipinski definition) is 1. The molecule has 0 aliphatic heterocycles. The molecule has 20 heavy (non-hydrogen) atoms. The molecule has 1 atom stereocenters. The predicted molar refractivity (Wildman–Crippen MR) is 91.3 cm³/mol. The van der Waals surface area contributed by atoms with Crippen molar-refractivity contribution in [3.63, 3.8) is 0 Å². The standard InChI is InChI=1S/C15H8Br2ClFS/c16-9-4-8(5-10(19)6-9)14(18)12-7-20-15-11(12)2-1-3-13(15)17/h1-7,14H. The highest BCUT2D eigenvalue weighted by molar-refractivity contribution is 9.11. The van der Waals surface area contributed by atoms with Crippen LogP contribution in [0.1, 0.15) is 16.5 Å². The maximum absolute atomic E-state index is 13.5. The Labute approximate surface area is 141 Å². The minimum atomic E-state index is -0.370. The third-order valence-corrected chi connectivity index (χ3v) is 5.95. The van der Waals surface area contributed by atoms with E-state index in [0.717, 1.165) is 25.7 Å². The van der Waals surface area contributed by atoms with Gasteiger partial charge in [0.1, 0.15) is 5.82 Å². The maximum atomic E-state index is 13.5. The van der Waals surface area contributed by atoms with Gasteiger partial charge in [0.05, 0.1) is 5.38 Å². The topological polar surface area (TPSA) is 0 Å². The van der Waals surface area contributed by atoms with Gasteiger partial charge in [-0.25, -0.2) is 4.39 Å². The zero-order chi connectivity index (χ0) is 14.3. The average Bonchev–Trinajstić information content (AvgIpc) is 2.82. The van der Waals surface area contributed by atoms with Crippen molar-refractivity contribution in [2.24, 2.45) is 0 Å². The summed E-state index contributed by atoms with van der Waals surface area (Å²) in [6.07, 6.45) is 0. The van der Waals surface area contributed by atoms with Crippen LogP contribution >= 0.6 is 54.8 Å². The zero-order valence-electron chi connectivity index (χ0n) is 10.0. The molecule has 0 fully saturated rings. The Balaban J connectivity index is 2.13. The molecule has 0 spiro atoms. The Morgan fingerprint density at radius 1 is 1.15 bits per heavy atom. The molecule has 102 valence electrons. The van der Waals surface area contributed by atoms with Crippen molar-refractivity contribution in [2.45, 2.75) is 5.38 Å². The van der Waals surface area contributed by atoms with Gasteiger partial charge in [0.2, 0.25) is 0 Å². The highest BCUT2D eigenvalue weighted by Crippen LogP contribution is 2.40. The Bertz CT molecular complexity index is 764. The van der Waals surface area contributed by atoms with Gasteiger partial charge in [-0.05, 0) is 62.1 Å². The fourth-order valence-electron chi connectivity index (χ4n) is 2.14. The molecular formula is C15H8Br2ClFS. The minimum Gasteiger partial charge on any atom is -0.207 e. The third-order valence-electron chi connectivity index (χ3n) is 3.03. The first-order valence-corrected chi connectivity index (χ1v) is 8.72. The summed E-state index contributed by atoms with van der Waals surface area (Å²) in [5.74, 6) is -0.291. The highest BCUT2D eigenvalue weighted by atomic mass is 79.9. The van der Waals surface area contributed by atoms with E-state index < -0.39 is 0 Å². The maximum Gasteiger partial charge on any atom is 0.124 e. The summed E-state index contributed by atoms with van der Waals surface area (Å²) in [4.78, 5) is 0. The lowest BCUT2D eigenvalue weighted by atomic mass is 10.0. The number of fused-ring (bicyclic) bond motifs is 1. The van der Waals surface area contributed by atoms with E-state index in [1.807, 2.05) is 29.6 Å². The van der Waals surface area contributed by atoms with E-state index >= 15 is 0 Å². The van der Waals surface area contributed by atoms with E-state index in [0.29, 0.717) is 4.47 Å². The average molecular weight is 435 g/mol. The van der Waals surface area contributed by atoms with Crippen LogP contribution in [-0.4, -0.2) is 0 Å². The summed E-state index contributed by atoms with van der Waals surface area (Å²) in [5.41, 5.74) is 1.75. The number of alkyl halides is 1. The van der Waals surface area contributed by atoms with E-state index in [1.54, 1.807) is 11.3 Å². The molecule has 0 amide bonds. The van der Waals surface area contributed by atoms with Crippen molar-refractivity contribution in [1.82, 2.24) is 0 Å². The fourth-order valence-corrected chi connectivity index (χ4v) is 4.65. The summed E-state index contributed by atoms with van der Waals surface area (Å²) in [6, 6.07) is 10.8. The van der Waals surface area contributed by atoms with Gasteiger partial charge in [0.15, 0.2) is 0 Å². The van der Waals surface area contributed by atoms with Gasteiger partial charge in [-0.15, -0.1) is 22.9 Å². The second kappa shape index (κ2) is 5.76. The van der Waals surface area contributed by atoms with Crippen LogP contribution in [0, 0.1) is 5.82 Å². The number of rotatable bonds is 2. The molecule has 1 unspecified atom stereocenters. The van der Waals surface area contributed by atoms with Crippen LogP contribution in [0.15, 0.2) is 50.7 Å². The Morgan fingerprint density at radius 3 is 2.70 bits per heavy atom. The van der Waals surface area contributed by atoms with Crippen LogP contribution in [0.4, 0.5) is 4.39 Å². The Kier molecular flexibility index (Phi) is 4.18. The van der Waals surface area contributed by atoms with E-state index in [-0.39, 0.29) is 11.2 Å². The molecule has 0 saturated carbocycles. The van der Waals surface area contributed by atoms with Gasteiger partial charge in [-0.3, -0.25) is 0 Å². The highest BCUT2D eigenvalue weighted by Gasteiger charge is 2.17.